The average Bonchev–Trinajstić information content (AvgIpc) is 2.85. The first-order valence-corrected chi connectivity index (χ1v) is 6.60. The van der Waals surface area contributed by atoms with Gasteiger partial charge in [0, 0.05) is 30.9 Å². The highest BCUT2D eigenvalue weighted by Gasteiger charge is 2.07. The number of nitrogens with one attached hydrogen (secondary N) is 1. The summed E-state index contributed by atoms with van der Waals surface area (Å²) in [4.78, 5) is 4.44. The lowest BCUT2D eigenvalue weighted by atomic mass is 10.2. The number of aromatic nitrogens is 2. The van der Waals surface area contributed by atoms with Gasteiger partial charge in [-0.2, -0.15) is 0 Å². The van der Waals surface area contributed by atoms with E-state index >= 15 is 0 Å². The average molecular weight is 251 g/mol. The second-order valence-corrected chi connectivity index (χ2v) is 4.56. The Balaban J connectivity index is 2.04. The van der Waals surface area contributed by atoms with Crippen LogP contribution in [0, 0.1) is 0 Å². The topological polar surface area (TPSA) is 29.9 Å². The molecule has 1 aromatic carbocycles. The summed E-state index contributed by atoms with van der Waals surface area (Å²) in [6.45, 7) is 3.84. The molecule has 0 saturated carbocycles. The predicted molar refractivity (Wildman–Crippen MR) is 79.4 cm³/mol. The molecule has 3 heteroatoms. The fourth-order valence-electron chi connectivity index (χ4n) is 2.36. The van der Waals surface area contributed by atoms with Gasteiger partial charge >= 0.3 is 0 Å². The maximum absolute atomic E-state index is 4.44. The number of nitrogens with zero attached hydrogens (tertiary/aromatic N) is 2. The molecule has 0 bridgehead atoms. The van der Waals surface area contributed by atoms with Gasteiger partial charge in [-0.1, -0.05) is 30.3 Å². The van der Waals surface area contributed by atoms with Gasteiger partial charge in [-0.25, -0.2) is 4.98 Å². The van der Waals surface area contributed by atoms with Crippen molar-refractivity contribution in [3.63, 3.8) is 0 Å². The van der Waals surface area contributed by atoms with Crippen LogP contribution in [0.5, 0.6) is 0 Å². The van der Waals surface area contributed by atoms with Crippen molar-refractivity contribution in [2.75, 3.05) is 11.9 Å². The van der Waals surface area contributed by atoms with Gasteiger partial charge in [-0.3, -0.25) is 0 Å². The molecule has 0 aliphatic rings. The molecule has 1 N–H and O–H groups in total. The first kappa shape index (κ1) is 11.8. The van der Waals surface area contributed by atoms with Crippen molar-refractivity contribution < 1.29 is 0 Å². The molecular weight excluding hydrogens is 234 g/mol. The number of fused-ring (bicyclic) bond motifs is 1. The third kappa shape index (κ3) is 2.32. The van der Waals surface area contributed by atoms with Crippen LogP contribution in [0.3, 0.4) is 0 Å². The summed E-state index contributed by atoms with van der Waals surface area (Å²) in [5, 5.41) is 4.55. The molecule has 19 heavy (non-hydrogen) atoms. The summed E-state index contributed by atoms with van der Waals surface area (Å²) in [6.07, 6.45) is 3.98. The Morgan fingerprint density at radius 3 is 2.74 bits per heavy atom. The Morgan fingerprint density at radius 2 is 1.95 bits per heavy atom. The van der Waals surface area contributed by atoms with Crippen molar-refractivity contribution in [3.8, 4) is 0 Å². The number of hydrogen-bond acceptors (Lipinski definition) is 2. The predicted octanol–water partition coefficient (Wildman–Crippen LogP) is 3.52. The Labute approximate surface area is 112 Å². The lowest BCUT2D eigenvalue weighted by Gasteiger charge is -2.10. The summed E-state index contributed by atoms with van der Waals surface area (Å²) >= 11 is 0. The van der Waals surface area contributed by atoms with Crippen LogP contribution < -0.4 is 5.32 Å². The van der Waals surface area contributed by atoms with Gasteiger partial charge < -0.3 is 9.88 Å². The molecule has 0 aliphatic heterocycles. The highest BCUT2D eigenvalue weighted by Crippen LogP contribution is 2.23. The fraction of sp³-hybridized carbons (Fsp3) is 0.188. The smallest absolute Gasteiger partial charge is 0.150 e. The van der Waals surface area contributed by atoms with Gasteiger partial charge in [0.1, 0.15) is 0 Å². The molecule has 96 valence electrons. The molecule has 3 nitrogen and oxygen atoms in total. The number of pyridine rings is 1. The Bertz CT molecular complexity index is 671. The minimum atomic E-state index is 0.869. The van der Waals surface area contributed by atoms with Crippen molar-refractivity contribution >= 4 is 16.7 Å². The molecule has 0 radical (unpaired) electrons. The van der Waals surface area contributed by atoms with Crippen LogP contribution in [0.15, 0.2) is 54.9 Å². The van der Waals surface area contributed by atoms with Crippen LogP contribution in [0.4, 0.5) is 5.82 Å². The van der Waals surface area contributed by atoms with E-state index in [1.165, 1.54) is 16.5 Å². The van der Waals surface area contributed by atoms with E-state index in [-0.39, 0.29) is 0 Å². The Kier molecular flexibility index (Phi) is 3.19. The van der Waals surface area contributed by atoms with Crippen LogP contribution in [0.2, 0.25) is 0 Å². The second kappa shape index (κ2) is 5.14. The van der Waals surface area contributed by atoms with Gasteiger partial charge in [0.25, 0.3) is 0 Å². The lowest BCUT2D eigenvalue weighted by molar-refractivity contribution is 0.835. The summed E-state index contributed by atoms with van der Waals surface area (Å²) in [5.74, 6) is 0.959. The molecule has 2 aromatic heterocycles. The molecule has 0 fully saturated rings. The molecule has 0 amide bonds. The van der Waals surface area contributed by atoms with Crippen molar-refractivity contribution in [3.05, 3.63) is 60.4 Å². The molecule has 3 aromatic rings. The van der Waals surface area contributed by atoms with Crippen LogP contribution >= 0.6 is 0 Å². The summed E-state index contributed by atoms with van der Waals surface area (Å²) in [5.41, 5.74) is 2.47. The summed E-state index contributed by atoms with van der Waals surface area (Å²) in [6, 6.07) is 14.7. The first-order valence-electron chi connectivity index (χ1n) is 6.60. The van der Waals surface area contributed by atoms with E-state index < -0.39 is 0 Å². The van der Waals surface area contributed by atoms with E-state index in [2.05, 4.69) is 64.4 Å². The van der Waals surface area contributed by atoms with Gasteiger partial charge in [0.2, 0.25) is 0 Å². The van der Waals surface area contributed by atoms with Gasteiger partial charge in [0.15, 0.2) is 5.82 Å². The summed E-state index contributed by atoms with van der Waals surface area (Å²) < 4.78 is 2.25. The van der Waals surface area contributed by atoms with Crippen molar-refractivity contribution in [2.45, 2.75) is 13.5 Å². The molecule has 0 atom stereocenters. The molecular formula is C16H17N3. The maximum atomic E-state index is 4.44. The third-order valence-electron chi connectivity index (χ3n) is 3.22. The van der Waals surface area contributed by atoms with E-state index in [1.54, 1.807) is 0 Å². The highest BCUT2D eigenvalue weighted by atomic mass is 15.0. The molecule has 0 unspecified atom stereocenters. The van der Waals surface area contributed by atoms with Crippen molar-refractivity contribution in [2.24, 2.45) is 0 Å². The quantitative estimate of drug-likeness (QED) is 0.769. The normalized spacial score (nSPS) is 10.8. The molecule has 2 heterocycles. The number of benzene rings is 1. The molecule has 0 saturated heterocycles. The number of anilines is 1. The zero-order valence-electron chi connectivity index (χ0n) is 11.0. The zero-order valence-corrected chi connectivity index (χ0v) is 11.0. The van der Waals surface area contributed by atoms with Gasteiger partial charge in [0.05, 0.1) is 5.52 Å². The van der Waals surface area contributed by atoms with Crippen LogP contribution in [-0.2, 0) is 6.54 Å². The van der Waals surface area contributed by atoms with E-state index in [1.807, 2.05) is 12.3 Å². The fourth-order valence-corrected chi connectivity index (χ4v) is 2.36. The minimum Gasteiger partial charge on any atom is -0.369 e. The van der Waals surface area contributed by atoms with Crippen molar-refractivity contribution in [1.82, 2.24) is 9.55 Å². The van der Waals surface area contributed by atoms with Crippen molar-refractivity contribution in [1.29, 1.82) is 0 Å². The van der Waals surface area contributed by atoms with E-state index in [0.29, 0.717) is 0 Å². The SMILES string of the molecule is CCNc1nccc2ccn(Cc3ccccc3)c12. The Hall–Kier alpha value is -2.29. The third-order valence-corrected chi connectivity index (χ3v) is 3.22. The Morgan fingerprint density at radius 1 is 1.11 bits per heavy atom. The summed E-state index contributed by atoms with van der Waals surface area (Å²) in [7, 11) is 0. The highest BCUT2D eigenvalue weighted by molar-refractivity contribution is 5.89. The molecule has 3 rings (SSSR count). The van der Waals surface area contributed by atoms with Crippen LogP contribution in [0.1, 0.15) is 12.5 Å². The standard InChI is InChI=1S/C16H17N3/c1-2-17-16-15-14(8-10-18-16)9-11-19(15)12-13-6-4-3-5-7-13/h3-11H,2,12H2,1H3,(H,17,18). The molecule has 0 aliphatic carbocycles. The van der Waals surface area contributed by atoms with Crippen LogP contribution in [-0.4, -0.2) is 16.1 Å². The number of rotatable bonds is 4. The maximum Gasteiger partial charge on any atom is 0.150 e. The minimum absolute atomic E-state index is 0.869. The van der Waals surface area contributed by atoms with Gasteiger partial charge in [-0.15, -0.1) is 0 Å². The largest absolute Gasteiger partial charge is 0.369 e. The van der Waals surface area contributed by atoms with Gasteiger partial charge in [-0.05, 0) is 24.6 Å². The first-order chi connectivity index (χ1) is 9.38. The zero-order chi connectivity index (χ0) is 13.1. The monoisotopic (exact) mass is 251 g/mol. The molecule has 0 spiro atoms. The van der Waals surface area contributed by atoms with E-state index in [4.69, 9.17) is 0 Å². The lowest BCUT2D eigenvalue weighted by Crippen LogP contribution is -2.04. The van der Waals surface area contributed by atoms with E-state index in [0.717, 1.165) is 18.9 Å². The van der Waals surface area contributed by atoms with E-state index in [9.17, 15) is 0 Å². The number of hydrogen-bond donors (Lipinski definition) is 1. The second-order valence-electron chi connectivity index (χ2n) is 4.56. The van der Waals surface area contributed by atoms with Crippen LogP contribution in [0.25, 0.3) is 10.9 Å².